The Kier molecular flexibility index (Phi) is 2.83. The van der Waals surface area contributed by atoms with Gasteiger partial charge in [-0.25, -0.2) is 0 Å². The van der Waals surface area contributed by atoms with Crippen molar-refractivity contribution < 1.29 is 4.79 Å². The number of nitrogens with two attached hydrogens (primary N) is 2. The lowest BCUT2D eigenvalue weighted by Crippen LogP contribution is -2.31. The van der Waals surface area contributed by atoms with Gasteiger partial charge in [-0.2, -0.15) is 0 Å². The summed E-state index contributed by atoms with van der Waals surface area (Å²) < 4.78 is 0. The van der Waals surface area contributed by atoms with Gasteiger partial charge in [0.05, 0.1) is 6.42 Å². The summed E-state index contributed by atoms with van der Waals surface area (Å²) in [6.45, 7) is 2.64. The van der Waals surface area contributed by atoms with E-state index in [2.05, 4.69) is 0 Å². The first kappa shape index (κ1) is 11.0. The lowest BCUT2D eigenvalue weighted by Gasteiger charge is -2.18. The van der Waals surface area contributed by atoms with E-state index in [1.165, 1.54) is 0 Å². The number of hydrogen-bond acceptors (Lipinski definition) is 3. The molecule has 1 aliphatic rings. The molecular formula is C12H17N3O. The predicted octanol–water partition coefficient (Wildman–Crippen LogP) is 0.895. The number of carbonyl (C=O) groups excluding carboxylic acids is 1. The summed E-state index contributed by atoms with van der Waals surface area (Å²) in [7, 11) is 0. The van der Waals surface area contributed by atoms with Crippen molar-refractivity contribution in [1.29, 1.82) is 0 Å². The van der Waals surface area contributed by atoms with Crippen LogP contribution in [0, 0.1) is 0 Å². The van der Waals surface area contributed by atoms with Crippen molar-refractivity contribution >= 4 is 17.3 Å². The molecule has 1 aromatic rings. The first-order chi connectivity index (χ1) is 7.58. The third kappa shape index (κ3) is 2.02. The SMILES string of the molecule is CC(N)CCN1C(=O)Cc2cc(N)ccc21. The van der Waals surface area contributed by atoms with Gasteiger partial charge >= 0.3 is 0 Å². The molecule has 86 valence electrons. The van der Waals surface area contributed by atoms with Gasteiger partial charge in [0.2, 0.25) is 5.91 Å². The maximum atomic E-state index is 11.8. The number of benzene rings is 1. The molecule has 0 saturated carbocycles. The van der Waals surface area contributed by atoms with Crippen LogP contribution < -0.4 is 16.4 Å². The summed E-state index contributed by atoms with van der Waals surface area (Å²) >= 11 is 0. The van der Waals surface area contributed by atoms with E-state index in [4.69, 9.17) is 11.5 Å². The van der Waals surface area contributed by atoms with E-state index < -0.39 is 0 Å². The maximum Gasteiger partial charge on any atom is 0.231 e. The van der Waals surface area contributed by atoms with Crippen LogP contribution in [0.4, 0.5) is 11.4 Å². The highest BCUT2D eigenvalue weighted by Gasteiger charge is 2.26. The van der Waals surface area contributed by atoms with E-state index >= 15 is 0 Å². The van der Waals surface area contributed by atoms with E-state index in [0.717, 1.165) is 17.7 Å². The quantitative estimate of drug-likeness (QED) is 0.742. The van der Waals surface area contributed by atoms with Crippen LogP contribution in [0.25, 0.3) is 0 Å². The molecule has 1 heterocycles. The Labute approximate surface area is 95.2 Å². The Morgan fingerprint density at radius 1 is 1.50 bits per heavy atom. The Morgan fingerprint density at radius 2 is 2.25 bits per heavy atom. The van der Waals surface area contributed by atoms with E-state index in [-0.39, 0.29) is 11.9 Å². The summed E-state index contributed by atoms with van der Waals surface area (Å²) in [6, 6.07) is 5.73. The first-order valence-electron chi connectivity index (χ1n) is 5.52. The number of rotatable bonds is 3. The van der Waals surface area contributed by atoms with Gasteiger partial charge in [-0.15, -0.1) is 0 Å². The van der Waals surface area contributed by atoms with Crippen LogP contribution in [0.15, 0.2) is 18.2 Å². The van der Waals surface area contributed by atoms with Crippen LogP contribution in [0.1, 0.15) is 18.9 Å². The van der Waals surface area contributed by atoms with Crippen molar-refractivity contribution in [2.75, 3.05) is 17.2 Å². The molecule has 1 atom stereocenters. The third-order valence-corrected chi connectivity index (χ3v) is 2.85. The van der Waals surface area contributed by atoms with Crippen LogP contribution in [-0.2, 0) is 11.2 Å². The molecule has 4 N–H and O–H groups in total. The second-order valence-corrected chi connectivity index (χ2v) is 4.38. The lowest BCUT2D eigenvalue weighted by atomic mass is 10.1. The van der Waals surface area contributed by atoms with Crippen molar-refractivity contribution in [2.24, 2.45) is 5.73 Å². The van der Waals surface area contributed by atoms with Gasteiger partial charge in [-0.3, -0.25) is 4.79 Å². The average Bonchev–Trinajstić information content (AvgIpc) is 2.50. The number of hydrogen-bond donors (Lipinski definition) is 2. The minimum absolute atomic E-state index is 0.116. The van der Waals surface area contributed by atoms with Gasteiger partial charge in [0.15, 0.2) is 0 Å². The van der Waals surface area contributed by atoms with E-state index in [1.54, 1.807) is 4.90 Å². The molecule has 0 bridgehead atoms. The molecule has 1 unspecified atom stereocenters. The molecule has 0 spiro atoms. The smallest absolute Gasteiger partial charge is 0.231 e. The molecule has 0 saturated heterocycles. The van der Waals surface area contributed by atoms with E-state index in [9.17, 15) is 4.79 Å². The maximum absolute atomic E-state index is 11.8. The zero-order valence-corrected chi connectivity index (χ0v) is 9.44. The molecule has 0 fully saturated rings. The fourth-order valence-electron chi connectivity index (χ4n) is 1.98. The van der Waals surface area contributed by atoms with Gasteiger partial charge < -0.3 is 16.4 Å². The number of nitrogen functional groups attached to an aromatic ring is 1. The Morgan fingerprint density at radius 3 is 2.94 bits per heavy atom. The normalized spacial score (nSPS) is 16.4. The van der Waals surface area contributed by atoms with Gasteiger partial charge in [0.25, 0.3) is 0 Å². The van der Waals surface area contributed by atoms with Crippen molar-refractivity contribution in [3.8, 4) is 0 Å². The highest BCUT2D eigenvalue weighted by Crippen LogP contribution is 2.30. The third-order valence-electron chi connectivity index (χ3n) is 2.85. The molecule has 1 amide bonds. The first-order valence-corrected chi connectivity index (χ1v) is 5.52. The molecule has 1 aromatic carbocycles. The van der Waals surface area contributed by atoms with Crippen LogP contribution in [0.5, 0.6) is 0 Å². The summed E-state index contributed by atoms with van der Waals surface area (Å²) in [5.41, 5.74) is 14.1. The lowest BCUT2D eigenvalue weighted by molar-refractivity contribution is -0.117. The summed E-state index contributed by atoms with van der Waals surface area (Å²) in [5.74, 6) is 0.140. The fraction of sp³-hybridized carbons (Fsp3) is 0.417. The zero-order chi connectivity index (χ0) is 11.7. The summed E-state index contributed by atoms with van der Waals surface area (Å²) in [4.78, 5) is 13.6. The highest BCUT2D eigenvalue weighted by molar-refractivity contribution is 6.01. The van der Waals surface area contributed by atoms with Crippen LogP contribution >= 0.6 is 0 Å². The van der Waals surface area contributed by atoms with Gasteiger partial charge in [0.1, 0.15) is 0 Å². The second kappa shape index (κ2) is 4.14. The van der Waals surface area contributed by atoms with E-state index in [0.29, 0.717) is 18.7 Å². The number of carbonyl (C=O) groups is 1. The fourth-order valence-corrected chi connectivity index (χ4v) is 1.98. The Balaban J connectivity index is 2.19. The van der Waals surface area contributed by atoms with Crippen molar-refractivity contribution in [3.63, 3.8) is 0 Å². The summed E-state index contributed by atoms with van der Waals surface area (Å²) in [6.07, 6.45) is 1.27. The zero-order valence-electron chi connectivity index (χ0n) is 9.44. The second-order valence-electron chi connectivity index (χ2n) is 4.38. The molecule has 2 rings (SSSR count). The molecule has 1 aliphatic heterocycles. The molecule has 0 aromatic heterocycles. The van der Waals surface area contributed by atoms with Crippen molar-refractivity contribution in [3.05, 3.63) is 23.8 Å². The molecule has 4 heteroatoms. The van der Waals surface area contributed by atoms with E-state index in [1.807, 2.05) is 25.1 Å². The van der Waals surface area contributed by atoms with Crippen LogP contribution in [-0.4, -0.2) is 18.5 Å². The largest absolute Gasteiger partial charge is 0.399 e. The van der Waals surface area contributed by atoms with Gasteiger partial charge in [0, 0.05) is 24.0 Å². The Hall–Kier alpha value is -1.55. The highest BCUT2D eigenvalue weighted by atomic mass is 16.2. The predicted molar refractivity (Wildman–Crippen MR) is 65.2 cm³/mol. The van der Waals surface area contributed by atoms with Crippen molar-refractivity contribution in [2.45, 2.75) is 25.8 Å². The molecular weight excluding hydrogens is 202 g/mol. The monoisotopic (exact) mass is 219 g/mol. The van der Waals surface area contributed by atoms with Gasteiger partial charge in [-0.1, -0.05) is 0 Å². The minimum atomic E-state index is 0.116. The van der Waals surface area contributed by atoms with Crippen LogP contribution in [0.2, 0.25) is 0 Å². The molecule has 4 nitrogen and oxygen atoms in total. The van der Waals surface area contributed by atoms with Crippen LogP contribution in [0.3, 0.4) is 0 Å². The number of amides is 1. The standard InChI is InChI=1S/C12H17N3O/c1-8(13)4-5-15-11-3-2-10(14)6-9(11)7-12(15)16/h2-3,6,8H,4-5,7,13-14H2,1H3. The summed E-state index contributed by atoms with van der Waals surface area (Å²) in [5, 5.41) is 0. The van der Waals surface area contributed by atoms with Gasteiger partial charge in [-0.05, 0) is 37.1 Å². The number of anilines is 2. The molecule has 0 aliphatic carbocycles. The van der Waals surface area contributed by atoms with Crippen molar-refractivity contribution in [1.82, 2.24) is 0 Å². The minimum Gasteiger partial charge on any atom is -0.399 e. The molecule has 16 heavy (non-hydrogen) atoms. The average molecular weight is 219 g/mol. The molecule has 0 radical (unpaired) electrons. The topological polar surface area (TPSA) is 72.3 Å². The number of nitrogens with zero attached hydrogens (tertiary/aromatic N) is 1. The number of fused-ring (bicyclic) bond motifs is 1. The Bertz CT molecular complexity index is 415.